The number of amides is 4. The van der Waals surface area contributed by atoms with Crippen LogP contribution in [0.2, 0.25) is 0 Å². The van der Waals surface area contributed by atoms with Gasteiger partial charge in [-0.3, -0.25) is 20.0 Å². The van der Waals surface area contributed by atoms with E-state index in [9.17, 15) is 19.5 Å². The number of aromatic nitrogens is 1. The Hall–Kier alpha value is -5.04. The van der Waals surface area contributed by atoms with Gasteiger partial charge in [-0.15, -0.1) is 0 Å². The number of pyridine rings is 1. The van der Waals surface area contributed by atoms with Crippen molar-refractivity contribution in [3.63, 3.8) is 0 Å². The van der Waals surface area contributed by atoms with Gasteiger partial charge in [-0.05, 0) is 61.0 Å². The van der Waals surface area contributed by atoms with E-state index in [2.05, 4.69) is 21.0 Å². The summed E-state index contributed by atoms with van der Waals surface area (Å²) in [4.78, 5) is 46.5. The van der Waals surface area contributed by atoms with Crippen molar-refractivity contribution < 1.29 is 29.0 Å². The molecule has 0 aliphatic carbocycles. The number of hydrogen-bond donors (Lipinski definition) is 4. The van der Waals surface area contributed by atoms with Gasteiger partial charge in [-0.2, -0.15) is 0 Å². The number of rotatable bonds is 17. The molecule has 0 spiro atoms. The average Bonchev–Trinajstić information content (AvgIpc) is 3.10. The van der Waals surface area contributed by atoms with Crippen molar-refractivity contribution in [3.05, 3.63) is 108 Å². The molecule has 3 aromatic carbocycles. The molecule has 0 bridgehead atoms. The molecule has 0 saturated heterocycles. The van der Waals surface area contributed by atoms with Crippen LogP contribution in [0.3, 0.4) is 0 Å². The van der Waals surface area contributed by atoms with Crippen LogP contribution in [-0.2, 0) is 38.6 Å². The Kier molecular flexibility index (Phi) is 13.9. The van der Waals surface area contributed by atoms with E-state index in [-0.39, 0.29) is 31.2 Å². The lowest BCUT2D eigenvalue weighted by Crippen LogP contribution is -2.56. The summed E-state index contributed by atoms with van der Waals surface area (Å²) in [6, 6.07) is 21.7. The van der Waals surface area contributed by atoms with Crippen LogP contribution in [0.4, 0.5) is 4.79 Å². The molecule has 12 nitrogen and oxygen atoms in total. The highest BCUT2D eigenvalue weighted by Crippen LogP contribution is 2.23. The number of ether oxygens (including phenoxy) is 2. The van der Waals surface area contributed by atoms with E-state index in [4.69, 9.17) is 9.47 Å². The molecule has 4 amide bonds. The first-order valence-electron chi connectivity index (χ1n) is 16.4. The summed E-state index contributed by atoms with van der Waals surface area (Å²) >= 11 is 0. The maximum atomic E-state index is 14.7. The maximum Gasteiger partial charge on any atom is 0.329 e. The van der Waals surface area contributed by atoms with E-state index in [1.54, 1.807) is 36.5 Å². The molecule has 0 aliphatic heterocycles. The molecule has 0 radical (unpaired) electrons. The fourth-order valence-electron chi connectivity index (χ4n) is 5.49. The topological polar surface area (TPSA) is 145 Å². The fraction of sp³-hybridized carbons (Fsp3) is 0.351. The largest absolute Gasteiger partial charge is 0.508 e. The SMILES string of the molecule is CCOC(OCC)C(C)N(Cc1cccc2cnccc12)C(=O)C(Cc1ccc(O)cc1)NC(=O)CN(C)NC(=O)NCc1ccccc1. The van der Waals surface area contributed by atoms with Crippen LogP contribution in [0.15, 0.2) is 91.3 Å². The van der Waals surface area contributed by atoms with Gasteiger partial charge >= 0.3 is 6.03 Å². The molecule has 0 saturated carbocycles. The van der Waals surface area contributed by atoms with Crippen molar-refractivity contribution in [1.82, 2.24) is 31.0 Å². The van der Waals surface area contributed by atoms with Crippen molar-refractivity contribution in [2.75, 3.05) is 26.8 Å². The quantitative estimate of drug-likeness (QED) is 0.0970. The zero-order valence-corrected chi connectivity index (χ0v) is 28.5. The first-order chi connectivity index (χ1) is 23.7. The molecule has 1 aromatic heterocycles. The number of carbonyl (C=O) groups excluding carboxylic acids is 3. The normalized spacial score (nSPS) is 12.4. The zero-order valence-electron chi connectivity index (χ0n) is 28.5. The standard InChI is InChI=1S/C37H46N6O6/c1-5-48-36(49-6-2)26(3)43(24-30-14-10-13-29-23-38-20-19-32(29)30)35(46)33(21-27-15-17-31(44)18-16-27)40-34(45)25-42(4)41-37(47)39-22-28-11-8-7-9-12-28/h7-20,23,26,33,36,44H,5-6,21-22,24-25H2,1-4H3,(H,40,45)(H2,39,41,47). The van der Waals surface area contributed by atoms with Gasteiger partial charge in [-0.1, -0.05) is 60.7 Å². The lowest BCUT2D eigenvalue weighted by atomic mass is 10.0. The maximum absolute atomic E-state index is 14.7. The molecule has 12 heteroatoms. The number of aromatic hydroxyl groups is 1. The predicted octanol–water partition coefficient (Wildman–Crippen LogP) is 4.13. The van der Waals surface area contributed by atoms with Gasteiger partial charge in [0, 0.05) is 57.6 Å². The van der Waals surface area contributed by atoms with Crippen LogP contribution in [0, 0.1) is 0 Å². The van der Waals surface area contributed by atoms with E-state index in [1.807, 2.05) is 75.4 Å². The number of urea groups is 1. The Balaban J connectivity index is 1.57. The van der Waals surface area contributed by atoms with Crippen molar-refractivity contribution in [2.24, 2.45) is 0 Å². The number of hydrazine groups is 1. The number of nitrogens with zero attached hydrogens (tertiary/aromatic N) is 3. The summed E-state index contributed by atoms with van der Waals surface area (Å²) in [6.45, 7) is 6.67. The molecule has 4 rings (SSSR count). The van der Waals surface area contributed by atoms with Gasteiger partial charge in [0.15, 0.2) is 6.29 Å². The van der Waals surface area contributed by atoms with E-state index in [1.165, 1.54) is 17.1 Å². The van der Waals surface area contributed by atoms with Crippen LogP contribution < -0.4 is 16.1 Å². The molecule has 4 N–H and O–H groups in total. The Labute approximate surface area is 287 Å². The average molecular weight is 671 g/mol. The highest BCUT2D eigenvalue weighted by atomic mass is 16.7. The molecule has 260 valence electrons. The van der Waals surface area contributed by atoms with Crippen LogP contribution in [0.25, 0.3) is 10.8 Å². The lowest BCUT2D eigenvalue weighted by molar-refractivity contribution is -0.179. The molecule has 0 aliphatic rings. The van der Waals surface area contributed by atoms with Crippen LogP contribution in [0.5, 0.6) is 5.75 Å². The molecule has 4 aromatic rings. The third kappa shape index (κ3) is 11.0. The van der Waals surface area contributed by atoms with Crippen LogP contribution in [-0.4, -0.2) is 83.0 Å². The first-order valence-corrected chi connectivity index (χ1v) is 16.4. The molecule has 49 heavy (non-hydrogen) atoms. The minimum absolute atomic E-state index is 0.0888. The molecule has 0 fully saturated rings. The van der Waals surface area contributed by atoms with Gasteiger partial charge in [0.05, 0.1) is 12.6 Å². The molecular weight excluding hydrogens is 624 g/mol. The number of carbonyl (C=O) groups is 3. The van der Waals surface area contributed by atoms with Crippen molar-refractivity contribution in [1.29, 1.82) is 0 Å². The summed E-state index contributed by atoms with van der Waals surface area (Å²) in [5.41, 5.74) is 5.20. The molecule has 1 heterocycles. The Morgan fingerprint density at radius 1 is 0.898 bits per heavy atom. The van der Waals surface area contributed by atoms with Crippen molar-refractivity contribution in [3.8, 4) is 5.75 Å². The highest BCUT2D eigenvalue weighted by Gasteiger charge is 2.34. The smallest absolute Gasteiger partial charge is 0.329 e. The molecular formula is C37H46N6O6. The van der Waals surface area contributed by atoms with E-state index < -0.39 is 30.3 Å². The number of benzene rings is 3. The predicted molar refractivity (Wildman–Crippen MR) is 187 cm³/mol. The summed E-state index contributed by atoms with van der Waals surface area (Å²) in [5, 5.41) is 18.8. The number of phenols is 1. The molecule has 2 unspecified atom stereocenters. The Morgan fingerprint density at radius 3 is 2.31 bits per heavy atom. The van der Waals surface area contributed by atoms with Crippen molar-refractivity contribution >= 4 is 28.6 Å². The number of phenolic OH excluding ortho intramolecular Hbond substituents is 1. The Morgan fingerprint density at radius 2 is 1.61 bits per heavy atom. The van der Waals surface area contributed by atoms with Crippen LogP contribution in [0.1, 0.15) is 37.5 Å². The van der Waals surface area contributed by atoms with E-state index >= 15 is 0 Å². The van der Waals surface area contributed by atoms with Gasteiger partial charge in [0.25, 0.3) is 0 Å². The second-order valence-corrected chi connectivity index (χ2v) is 11.6. The Bertz CT molecular complexity index is 1640. The highest BCUT2D eigenvalue weighted by molar-refractivity contribution is 5.90. The van der Waals surface area contributed by atoms with E-state index in [0.717, 1.165) is 27.5 Å². The lowest BCUT2D eigenvalue weighted by Gasteiger charge is -2.37. The number of fused-ring (bicyclic) bond motifs is 1. The number of likely N-dealkylation sites (N-methyl/N-ethyl adjacent to an activating group) is 1. The van der Waals surface area contributed by atoms with Gasteiger partial charge in [0.2, 0.25) is 11.8 Å². The number of nitrogens with one attached hydrogen (secondary N) is 3. The van der Waals surface area contributed by atoms with Gasteiger partial charge in [-0.25, -0.2) is 9.80 Å². The summed E-state index contributed by atoms with van der Waals surface area (Å²) < 4.78 is 11.9. The van der Waals surface area contributed by atoms with Gasteiger partial charge < -0.3 is 30.1 Å². The minimum atomic E-state index is -1.000. The monoisotopic (exact) mass is 670 g/mol. The summed E-state index contributed by atoms with van der Waals surface area (Å²) in [7, 11) is 1.57. The third-order valence-electron chi connectivity index (χ3n) is 7.92. The fourth-order valence-corrected chi connectivity index (χ4v) is 5.49. The van der Waals surface area contributed by atoms with Gasteiger partial charge in [0.1, 0.15) is 11.8 Å². The zero-order chi connectivity index (χ0) is 35.2. The third-order valence-corrected chi connectivity index (χ3v) is 7.92. The van der Waals surface area contributed by atoms with Crippen molar-refractivity contribution in [2.45, 2.75) is 58.7 Å². The van der Waals surface area contributed by atoms with Crippen LogP contribution >= 0.6 is 0 Å². The summed E-state index contributed by atoms with van der Waals surface area (Å²) in [6.07, 6.45) is 2.92. The number of hydrogen-bond acceptors (Lipinski definition) is 8. The summed E-state index contributed by atoms with van der Waals surface area (Å²) in [5.74, 6) is -0.732. The second kappa shape index (κ2) is 18.5. The molecule has 2 atom stereocenters. The first kappa shape index (κ1) is 36.8. The minimum Gasteiger partial charge on any atom is -0.508 e. The second-order valence-electron chi connectivity index (χ2n) is 11.6. The van der Waals surface area contributed by atoms with E-state index in [0.29, 0.717) is 19.8 Å².